The van der Waals surface area contributed by atoms with E-state index in [1.54, 1.807) is 12.1 Å². The average molecular weight is 758 g/mol. The number of carbonyl (C=O) groups is 3. The Morgan fingerprint density at radius 3 is 2.40 bits per heavy atom. The van der Waals surface area contributed by atoms with E-state index in [0.29, 0.717) is 0 Å². The topological polar surface area (TPSA) is 127 Å². The van der Waals surface area contributed by atoms with Gasteiger partial charge in [0, 0.05) is 41.8 Å². The summed E-state index contributed by atoms with van der Waals surface area (Å²) in [6.45, 7) is 0.0923. The van der Waals surface area contributed by atoms with Gasteiger partial charge in [-0.05, 0) is 65.5 Å². The van der Waals surface area contributed by atoms with E-state index >= 15 is 4.79 Å². The van der Waals surface area contributed by atoms with Gasteiger partial charge in [0.1, 0.15) is 35.9 Å². The molecule has 2 bridgehead atoms. The van der Waals surface area contributed by atoms with Crippen LogP contribution in [0.3, 0.4) is 0 Å². The lowest BCUT2D eigenvalue weighted by atomic mass is 9.62. The number of amides is 2. The number of hydroxylamine groups is 2. The first kappa shape index (κ1) is 31.6. The van der Waals surface area contributed by atoms with Gasteiger partial charge in [-0.1, -0.05) is 48.5 Å². The number of hydrogen-bond donors (Lipinski definition) is 2. The molecule has 3 saturated carbocycles. The van der Waals surface area contributed by atoms with Crippen LogP contribution in [0.15, 0.2) is 54.6 Å². The van der Waals surface area contributed by atoms with Gasteiger partial charge in [0.05, 0.1) is 13.2 Å². The van der Waals surface area contributed by atoms with Crippen LogP contribution in [0.25, 0.3) is 0 Å². The first-order valence-electron chi connectivity index (χ1n) is 16.7. The van der Waals surface area contributed by atoms with Gasteiger partial charge in [0.2, 0.25) is 11.8 Å². The predicted octanol–water partition coefficient (Wildman–Crippen LogP) is 2.57. The van der Waals surface area contributed by atoms with Crippen molar-refractivity contribution in [1.29, 1.82) is 0 Å². The fourth-order valence-corrected chi connectivity index (χ4v) is 9.01. The largest absolute Gasteiger partial charge is 0.458 e. The Kier molecular flexibility index (Phi) is 8.12. The van der Waals surface area contributed by atoms with Crippen LogP contribution < -0.4 is 5.32 Å². The van der Waals surface area contributed by atoms with E-state index in [-0.39, 0.29) is 56.2 Å². The van der Waals surface area contributed by atoms with E-state index in [0.717, 1.165) is 40.4 Å². The summed E-state index contributed by atoms with van der Waals surface area (Å²) in [5.74, 6) is -1.48. The maximum Gasteiger partial charge on any atom is 0.327 e. The normalized spacial score (nSPS) is 32.7. The van der Waals surface area contributed by atoms with Crippen molar-refractivity contribution in [2.45, 2.75) is 87.4 Å². The third-order valence-corrected chi connectivity index (χ3v) is 12.0. The second kappa shape index (κ2) is 12.1. The number of esters is 1. The molecule has 8 rings (SSSR count). The number of carbonyl (C=O) groups excluding carboxylic acids is 3. The van der Waals surface area contributed by atoms with Gasteiger partial charge >= 0.3 is 5.97 Å². The zero-order valence-electron chi connectivity index (χ0n) is 26.3. The highest BCUT2D eigenvalue weighted by atomic mass is 127. The second-order valence-electron chi connectivity index (χ2n) is 13.9. The third-order valence-electron chi connectivity index (χ3n) is 10.9. The summed E-state index contributed by atoms with van der Waals surface area (Å²) in [4.78, 5) is 51.3. The van der Waals surface area contributed by atoms with Gasteiger partial charge < -0.3 is 29.5 Å². The molecule has 7 atom stereocenters. The fourth-order valence-electron chi connectivity index (χ4n) is 8.45. The summed E-state index contributed by atoms with van der Waals surface area (Å²) < 4.78 is 21.0. The number of aliphatic hydroxyl groups is 1. The quantitative estimate of drug-likeness (QED) is 0.263. The SMILES string of the molecule is CN(C(=O)[C@@]12C[C@H]3OC(=O)[C@@H]1N(Cc1ccccc1I)O[C@@H]2[C@H]1OC(C2CC2)(C2CC2)O[C@H]13)[C@H](Cc1ccccc1)C(=O)NCCO. The molecule has 6 fully saturated rings. The maximum atomic E-state index is 15.2. The van der Waals surface area contributed by atoms with Crippen LogP contribution in [-0.4, -0.2) is 95.3 Å². The highest BCUT2D eigenvalue weighted by Gasteiger charge is 2.78. The van der Waals surface area contributed by atoms with Crippen LogP contribution in [0.4, 0.5) is 0 Å². The highest BCUT2D eigenvalue weighted by molar-refractivity contribution is 14.1. The Bertz CT molecular complexity index is 1540. The Morgan fingerprint density at radius 1 is 1.04 bits per heavy atom. The molecule has 250 valence electrons. The number of rotatable bonds is 11. The van der Waals surface area contributed by atoms with Crippen molar-refractivity contribution in [1.82, 2.24) is 15.3 Å². The first-order chi connectivity index (χ1) is 22.8. The number of nitrogens with zero attached hydrogens (tertiary/aromatic N) is 2. The molecule has 0 aromatic heterocycles. The third kappa shape index (κ3) is 5.21. The van der Waals surface area contributed by atoms with Crippen LogP contribution in [-0.2, 0) is 46.4 Å². The predicted molar refractivity (Wildman–Crippen MR) is 175 cm³/mol. The number of nitrogens with one attached hydrogen (secondary N) is 1. The zero-order valence-corrected chi connectivity index (χ0v) is 28.4. The van der Waals surface area contributed by atoms with Gasteiger partial charge in [-0.2, -0.15) is 5.06 Å². The molecule has 2 aromatic rings. The van der Waals surface area contributed by atoms with E-state index in [2.05, 4.69) is 27.9 Å². The van der Waals surface area contributed by atoms with Gasteiger partial charge in [-0.25, -0.2) is 0 Å². The molecule has 3 saturated heterocycles. The lowest BCUT2D eigenvalue weighted by molar-refractivity contribution is -0.235. The van der Waals surface area contributed by atoms with Crippen LogP contribution in [0.2, 0.25) is 0 Å². The molecule has 2 N–H and O–H groups in total. The molecule has 2 amide bonds. The van der Waals surface area contributed by atoms with E-state index in [1.165, 1.54) is 4.90 Å². The molecule has 6 aliphatic rings. The minimum Gasteiger partial charge on any atom is -0.458 e. The highest BCUT2D eigenvalue weighted by Crippen LogP contribution is 2.64. The van der Waals surface area contributed by atoms with E-state index in [9.17, 15) is 14.7 Å². The number of fused-ring (bicyclic) bond motifs is 4. The van der Waals surface area contributed by atoms with E-state index < -0.39 is 53.7 Å². The molecule has 3 aliphatic heterocycles. The van der Waals surface area contributed by atoms with Crippen LogP contribution >= 0.6 is 22.6 Å². The smallest absolute Gasteiger partial charge is 0.327 e. The lowest BCUT2D eigenvalue weighted by Crippen LogP contribution is -2.70. The number of hydrogen-bond acceptors (Lipinski definition) is 9. The number of halogens is 1. The van der Waals surface area contributed by atoms with Crippen LogP contribution in [0.5, 0.6) is 0 Å². The molecular weight excluding hydrogens is 717 g/mol. The monoisotopic (exact) mass is 757 g/mol. The summed E-state index contributed by atoms with van der Waals surface area (Å²) in [5.41, 5.74) is 0.451. The molecule has 47 heavy (non-hydrogen) atoms. The maximum absolute atomic E-state index is 15.2. The number of ether oxygens (including phenoxy) is 3. The summed E-state index contributed by atoms with van der Waals surface area (Å²) in [6, 6.07) is 15.4. The molecule has 11 nitrogen and oxygen atoms in total. The fraction of sp³-hybridized carbons (Fsp3) is 0.571. The van der Waals surface area contributed by atoms with Crippen LogP contribution in [0, 0.1) is 20.8 Å². The van der Waals surface area contributed by atoms with Crippen LogP contribution in [0.1, 0.15) is 43.2 Å². The minimum atomic E-state index is -1.38. The molecular formula is C35H40IN3O8. The Morgan fingerprint density at radius 2 is 1.72 bits per heavy atom. The van der Waals surface area contributed by atoms with E-state index in [1.807, 2.05) is 54.6 Å². The van der Waals surface area contributed by atoms with E-state index in [4.69, 9.17) is 19.0 Å². The van der Waals surface area contributed by atoms with Gasteiger partial charge in [0.25, 0.3) is 0 Å². The average Bonchev–Trinajstić information content (AvgIpc) is 4.02. The van der Waals surface area contributed by atoms with Crippen molar-refractivity contribution >= 4 is 40.4 Å². The number of likely N-dealkylation sites (N-methyl/N-ethyl adjacent to an activating group) is 1. The summed E-state index contributed by atoms with van der Waals surface area (Å²) in [5, 5.41) is 13.8. The molecule has 0 radical (unpaired) electrons. The van der Waals surface area contributed by atoms with Crippen molar-refractivity contribution in [3.63, 3.8) is 0 Å². The van der Waals surface area contributed by atoms with Crippen molar-refractivity contribution in [3.05, 3.63) is 69.3 Å². The molecule has 2 aromatic carbocycles. The van der Waals surface area contributed by atoms with Crippen molar-refractivity contribution < 1.29 is 38.5 Å². The summed E-state index contributed by atoms with van der Waals surface area (Å²) in [6.07, 6.45) is 1.84. The Balaban J connectivity index is 1.19. The summed E-state index contributed by atoms with van der Waals surface area (Å²) >= 11 is 2.26. The van der Waals surface area contributed by atoms with Crippen molar-refractivity contribution in [2.75, 3.05) is 20.2 Å². The Labute approximate surface area is 287 Å². The molecule has 3 heterocycles. The van der Waals surface area contributed by atoms with Crippen molar-refractivity contribution in [3.8, 4) is 0 Å². The molecule has 12 heteroatoms. The van der Waals surface area contributed by atoms with Crippen molar-refractivity contribution in [2.24, 2.45) is 17.3 Å². The second-order valence-corrected chi connectivity index (χ2v) is 15.0. The lowest BCUT2D eigenvalue weighted by Gasteiger charge is -2.50. The molecule has 3 aliphatic carbocycles. The minimum absolute atomic E-state index is 0.0584. The number of aliphatic hydroxyl groups excluding tert-OH is 1. The van der Waals surface area contributed by atoms with Gasteiger partial charge in [0.15, 0.2) is 11.8 Å². The summed E-state index contributed by atoms with van der Waals surface area (Å²) in [7, 11) is 1.62. The molecule has 0 unspecified atom stereocenters. The number of benzene rings is 2. The standard InChI is InChI=1S/C35H40IN3O8/c1-38(25(31(41)37-15-16-40)17-20-7-3-2-4-8-20)33(43)34-18-26-27-28(46-35(45-27,22-11-12-22)23-13-14-23)30(34)47-39(29(34)32(42)44-26)19-21-9-5-6-10-24(21)36/h2-10,22-23,25-30,40H,11-19H2,1H3,(H,37,41)/t25-,26-,27+,28+,29+,30-,34+/m1/s1. The van der Waals surface area contributed by atoms with Gasteiger partial charge in [-0.15, -0.1) is 0 Å². The molecule has 0 spiro atoms. The zero-order chi connectivity index (χ0) is 32.5. The first-order valence-corrected chi connectivity index (χ1v) is 17.8. The van der Waals surface area contributed by atoms with Gasteiger partial charge in [-0.3, -0.25) is 19.2 Å². The Hall–Kier alpha value is -2.62.